The Morgan fingerprint density at radius 3 is 2.88 bits per heavy atom. The molecule has 0 unspecified atom stereocenters. The van der Waals surface area contributed by atoms with E-state index in [0.717, 1.165) is 32.7 Å². The largest absolute Gasteiger partial charge is 0.496 e. The van der Waals surface area contributed by atoms with Crippen LogP contribution in [0.3, 0.4) is 0 Å². The first-order chi connectivity index (χ1) is 11.7. The third-order valence-corrected chi connectivity index (χ3v) is 4.78. The van der Waals surface area contributed by atoms with Gasteiger partial charge < -0.3 is 14.5 Å². The van der Waals surface area contributed by atoms with E-state index in [1.54, 1.807) is 19.4 Å². The number of aromatic nitrogens is 1. The molecule has 5 nitrogen and oxygen atoms in total. The summed E-state index contributed by atoms with van der Waals surface area (Å²) in [6, 6.07) is 11.4. The molecule has 0 aliphatic heterocycles. The zero-order chi connectivity index (χ0) is 16.9. The summed E-state index contributed by atoms with van der Waals surface area (Å²) in [4.78, 5) is 17.7. The molecule has 1 N–H and O–H groups in total. The Labute approximate surface area is 144 Å². The van der Waals surface area contributed by atoms with Crippen molar-refractivity contribution in [3.8, 4) is 16.3 Å². The standard InChI is InChI=1S/C18H18N2O3S/c1-12-16(10-17(21)19-11-13-6-5-9-23-13)24-18(20-12)14-7-3-4-8-15(14)22-2/h3-9H,10-11H2,1-2H3,(H,19,21). The second kappa shape index (κ2) is 7.31. The smallest absolute Gasteiger partial charge is 0.225 e. The average molecular weight is 342 g/mol. The van der Waals surface area contributed by atoms with Crippen molar-refractivity contribution < 1.29 is 13.9 Å². The lowest BCUT2D eigenvalue weighted by Crippen LogP contribution is -2.24. The van der Waals surface area contributed by atoms with Gasteiger partial charge in [-0.05, 0) is 31.2 Å². The predicted molar refractivity (Wildman–Crippen MR) is 93.1 cm³/mol. The lowest BCUT2D eigenvalue weighted by atomic mass is 10.2. The fourth-order valence-electron chi connectivity index (χ4n) is 2.34. The van der Waals surface area contributed by atoms with Gasteiger partial charge in [0.25, 0.3) is 0 Å². The Hall–Kier alpha value is -2.60. The van der Waals surface area contributed by atoms with E-state index >= 15 is 0 Å². The Morgan fingerprint density at radius 1 is 1.29 bits per heavy atom. The number of methoxy groups -OCH3 is 1. The van der Waals surface area contributed by atoms with Gasteiger partial charge in [0, 0.05) is 4.88 Å². The Balaban J connectivity index is 1.71. The normalized spacial score (nSPS) is 10.6. The number of carbonyl (C=O) groups excluding carboxylic acids is 1. The number of rotatable bonds is 6. The van der Waals surface area contributed by atoms with Crippen LogP contribution in [0.25, 0.3) is 10.6 Å². The van der Waals surface area contributed by atoms with Crippen molar-refractivity contribution in [2.45, 2.75) is 19.9 Å². The van der Waals surface area contributed by atoms with Gasteiger partial charge in [-0.3, -0.25) is 4.79 Å². The van der Waals surface area contributed by atoms with Crippen LogP contribution in [0.2, 0.25) is 0 Å². The molecule has 124 valence electrons. The summed E-state index contributed by atoms with van der Waals surface area (Å²) in [5, 5.41) is 3.71. The monoisotopic (exact) mass is 342 g/mol. The van der Waals surface area contributed by atoms with Crippen LogP contribution < -0.4 is 10.1 Å². The van der Waals surface area contributed by atoms with Gasteiger partial charge in [0.1, 0.15) is 16.5 Å². The van der Waals surface area contributed by atoms with Crippen molar-refractivity contribution in [3.63, 3.8) is 0 Å². The molecule has 0 saturated carbocycles. The molecule has 1 aromatic carbocycles. The second-order valence-corrected chi connectivity index (χ2v) is 6.34. The van der Waals surface area contributed by atoms with Gasteiger partial charge in [0.2, 0.25) is 5.91 Å². The Morgan fingerprint density at radius 2 is 2.12 bits per heavy atom. The molecule has 0 bridgehead atoms. The lowest BCUT2D eigenvalue weighted by Gasteiger charge is -2.04. The van der Waals surface area contributed by atoms with E-state index in [2.05, 4.69) is 10.3 Å². The number of hydrogen-bond donors (Lipinski definition) is 1. The maximum atomic E-state index is 12.1. The minimum atomic E-state index is -0.0512. The lowest BCUT2D eigenvalue weighted by molar-refractivity contribution is -0.120. The van der Waals surface area contributed by atoms with E-state index in [1.165, 1.54) is 11.3 Å². The predicted octanol–water partition coefficient (Wildman–Crippen LogP) is 3.58. The Kier molecular flexibility index (Phi) is 4.96. The quantitative estimate of drug-likeness (QED) is 0.744. The van der Waals surface area contributed by atoms with Gasteiger partial charge in [-0.1, -0.05) is 12.1 Å². The molecule has 24 heavy (non-hydrogen) atoms. The zero-order valence-electron chi connectivity index (χ0n) is 13.5. The third kappa shape index (κ3) is 3.65. The second-order valence-electron chi connectivity index (χ2n) is 5.26. The molecule has 6 heteroatoms. The number of nitrogens with zero attached hydrogens (tertiary/aromatic N) is 1. The summed E-state index contributed by atoms with van der Waals surface area (Å²) in [6.07, 6.45) is 1.90. The molecule has 0 spiro atoms. The first-order valence-corrected chi connectivity index (χ1v) is 8.38. The van der Waals surface area contributed by atoms with E-state index in [-0.39, 0.29) is 5.91 Å². The molecular formula is C18H18N2O3S. The van der Waals surface area contributed by atoms with E-state index in [4.69, 9.17) is 9.15 Å². The van der Waals surface area contributed by atoms with Gasteiger partial charge in [0.05, 0.1) is 37.6 Å². The van der Waals surface area contributed by atoms with Gasteiger partial charge in [-0.25, -0.2) is 4.98 Å². The molecule has 0 radical (unpaired) electrons. The number of para-hydroxylation sites is 1. The van der Waals surface area contributed by atoms with Gasteiger partial charge in [-0.15, -0.1) is 11.3 Å². The van der Waals surface area contributed by atoms with Crippen LogP contribution in [-0.4, -0.2) is 18.0 Å². The molecule has 2 aromatic heterocycles. The number of aryl methyl sites for hydroxylation is 1. The highest BCUT2D eigenvalue weighted by molar-refractivity contribution is 7.15. The first-order valence-electron chi connectivity index (χ1n) is 7.56. The topological polar surface area (TPSA) is 64.4 Å². The molecule has 3 aromatic rings. The molecule has 2 heterocycles. The summed E-state index contributed by atoms with van der Waals surface area (Å²) >= 11 is 1.52. The van der Waals surface area contributed by atoms with Gasteiger partial charge >= 0.3 is 0 Å². The number of thiazole rings is 1. The van der Waals surface area contributed by atoms with Crippen molar-refractivity contribution in [1.29, 1.82) is 0 Å². The molecular weight excluding hydrogens is 324 g/mol. The fraction of sp³-hybridized carbons (Fsp3) is 0.222. The van der Waals surface area contributed by atoms with Crippen LogP contribution in [0.5, 0.6) is 5.75 Å². The maximum absolute atomic E-state index is 12.1. The number of benzene rings is 1. The maximum Gasteiger partial charge on any atom is 0.225 e. The molecule has 3 rings (SSSR count). The van der Waals surface area contributed by atoms with Crippen molar-refractivity contribution in [2.24, 2.45) is 0 Å². The van der Waals surface area contributed by atoms with Crippen molar-refractivity contribution in [1.82, 2.24) is 10.3 Å². The number of amides is 1. The molecule has 0 saturated heterocycles. The number of hydrogen-bond acceptors (Lipinski definition) is 5. The van der Waals surface area contributed by atoms with E-state index in [0.29, 0.717) is 13.0 Å². The molecule has 0 fully saturated rings. The van der Waals surface area contributed by atoms with E-state index in [9.17, 15) is 4.79 Å². The highest BCUT2D eigenvalue weighted by Crippen LogP contribution is 2.34. The fourth-order valence-corrected chi connectivity index (χ4v) is 3.43. The van der Waals surface area contributed by atoms with Crippen molar-refractivity contribution in [2.75, 3.05) is 7.11 Å². The van der Waals surface area contributed by atoms with Crippen molar-refractivity contribution in [3.05, 3.63) is 59.0 Å². The van der Waals surface area contributed by atoms with Crippen LogP contribution in [-0.2, 0) is 17.8 Å². The number of ether oxygens (including phenoxy) is 1. The molecule has 0 aliphatic rings. The minimum absolute atomic E-state index is 0.0512. The summed E-state index contributed by atoms with van der Waals surface area (Å²) < 4.78 is 10.6. The molecule has 1 amide bonds. The summed E-state index contributed by atoms with van der Waals surface area (Å²) in [6.45, 7) is 2.31. The van der Waals surface area contributed by atoms with Gasteiger partial charge in [-0.2, -0.15) is 0 Å². The average Bonchev–Trinajstić information content (AvgIpc) is 3.23. The minimum Gasteiger partial charge on any atom is -0.496 e. The first kappa shape index (κ1) is 16.3. The van der Waals surface area contributed by atoms with Crippen LogP contribution in [0, 0.1) is 6.92 Å². The van der Waals surface area contributed by atoms with Crippen LogP contribution in [0.1, 0.15) is 16.3 Å². The number of carbonyl (C=O) groups is 1. The van der Waals surface area contributed by atoms with Crippen LogP contribution in [0.4, 0.5) is 0 Å². The Bertz CT molecular complexity index is 825. The molecule has 0 aliphatic carbocycles. The van der Waals surface area contributed by atoms with E-state index in [1.807, 2.05) is 37.3 Å². The van der Waals surface area contributed by atoms with Gasteiger partial charge in [0.15, 0.2) is 0 Å². The number of furan rings is 1. The number of nitrogens with one attached hydrogen (secondary N) is 1. The van der Waals surface area contributed by atoms with Crippen LogP contribution >= 0.6 is 11.3 Å². The summed E-state index contributed by atoms with van der Waals surface area (Å²) in [7, 11) is 1.64. The van der Waals surface area contributed by atoms with E-state index < -0.39 is 0 Å². The molecule has 0 atom stereocenters. The SMILES string of the molecule is COc1ccccc1-c1nc(C)c(CC(=O)NCc2ccco2)s1. The third-order valence-electron chi connectivity index (χ3n) is 3.59. The van der Waals surface area contributed by atoms with Crippen molar-refractivity contribution >= 4 is 17.2 Å². The summed E-state index contributed by atoms with van der Waals surface area (Å²) in [5.74, 6) is 1.46. The zero-order valence-corrected chi connectivity index (χ0v) is 14.4. The van der Waals surface area contributed by atoms with Crippen LogP contribution in [0.15, 0.2) is 47.1 Å². The highest BCUT2D eigenvalue weighted by atomic mass is 32.1. The highest BCUT2D eigenvalue weighted by Gasteiger charge is 2.15. The summed E-state index contributed by atoms with van der Waals surface area (Å²) in [5.41, 5.74) is 1.81.